The summed E-state index contributed by atoms with van der Waals surface area (Å²) in [7, 11) is 0. The van der Waals surface area contributed by atoms with Gasteiger partial charge in [0.15, 0.2) is 17.5 Å². The molecule has 282 valence electrons. The van der Waals surface area contributed by atoms with Crippen molar-refractivity contribution in [1.82, 2.24) is 19.4 Å². The number of nitrogens with zero attached hydrogens (tertiary/aromatic N) is 4. The van der Waals surface area contributed by atoms with Crippen molar-refractivity contribution in [3.05, 3.63) is 206 Å². The fourth-order valence-electron chi connectivity index (χ4n) is 9.77. The van der Waals surface area contributed by atoms with E-state index in [2.05, 4.69) is 174 Å². The van der Waals surface area contributed by atoms with Crippen molar-refractivity contribution in [2.24, 2.45) is 0 Å². The van der Waals surface area contributed by atoms with Crippen LogP contribution < -0.4 is 0 Å². The number of benzene rings is 10. The summed E-state index contributed by atoms with van der Waals surface area (Å²) in [6, 6.07) is 74.0. The molecule has 0 radical (unpaired) electrons. The van der Waals surface area contributed by atoms with E-state index in [-0.39, 0.29) is 0 Å². The van der Waals surface area contributed by atoms with Crippen LogP contribution in [-0.4, -0.2) is 19.4 Å². The van der Waals surface area contributed by atoms with E-state index in [0.29, 0.717) is 17.5 Å². The van der Waals surface area contributed by atoms with E-state index in [1.807, 2.05) is 36.4 Å². The highest BCUT2D eigenvalue weighted by Gasteiger charge is 2.22. The Bertz CT molecular complexity index is 3800. The molecule has 61 heavy (non-hydrogen) atoms. The van der Waals surface area contributed by atoms with Crippen molar-refractivity contribution in [2.45, 2.75) is 0 Å². The predicted molar refractivity (Wildman–Crippen MR) is 254 cm³/mol. The Balaban J connectivity index is 1.15. The number of aromatic nitrogens is 4. The first kappa shape index (κ1) is 33.7. The zero-order valence-electron chi connectivity index (χ0n) is 32.9. The van der Waals surface area contributed by atoms with Crippen molar-refractivity contribution in [2.75, 3.05) is 0 Å². The highest BCUT2D eigenvalue weighted by molar-refractivity contribution is 6.27. The molecule has 0 saturated carbocycles. The number of rotatable bonds is 5. The van der Waals surface area contributed by atoms with Gasteiger partial charge in [-0.1, -0.05) is 170 Å². The van der Waals surface area contributed by atoms with E-state index in [0.717, 1.165) is 33.2 Å². The van der Waals surface area contributed by atoms with Gasteiger partial charge >= 0.3 is 0 Å². The molecule has 3 heterocycles. The molecule has 4 nitrogen and oxygen atoms in total. The van der Waals surface area contributed by atoms with Crippen LogP contribution in [0, 0.1) is 0 Å². The Hall–Kier alpha value is -8.21. The molecule has 13 aromatic rings. The quantitative estimate of drug-likeness (QED) is 0.164. The lowest BCUT2D eigenvalue weighted by Crippen LogP contribution is -2.01. The van der Waals surface area contributed by atoms with E-state index in [1.54, 1.807) is 0 Å². The molecule has 0 aliphatic rings. The third kappa shape index (κ3) is 5.16. The third-order valence-corrected chi connectivity index (χ3v) is 12.5. The number of hydrogen-bond donors (Lipinski definition) is 0. The fraction of sp³-hybridized carbons (Fsp3) is 0. The normalized spacial score (nSPS) is 11.9. The maximum absolute atomic E-state index is 5.31. The zero-order valence-corrected chi connectivity index (χ0v) is 32.9. The second kappa shape index (κ2) is 13.2. The molecule has 13 rings (SSSR count). The third-order valence-electron chi connectivity index (χ3n) is 12.5. The lowest BCUT2D eigenvalue weighted by molar-refractivity contribution is 1.07. The molecule has 0 saturated heterocycles. The van der Waals surface area contributed by atoms with Crippen LogP contribution in [0.4, 0.5) is 0 Å². The lowest BCUT2D eigenvalue weighted by atomic mass is 9.89. The molecule has 4 heteroatoms. The Morgan fingerprint density at radius 1 is 0.246 bits per heavy atom. The lowest BCUT2D eigenvalue weighted by Gasteiger charge is -2.17. The second-order valence-electron chi connectivity index (χ2n) is 15.9. The van der Waals surface area contributed by atoms with Gasteiger partial charge in [0.25, 0.3) is 0 Å². The van der Waals surface area contributed by atoms with Crippen LogP contribution >= 0.6 is 0 Å². The van der Waals surface area contributed by atoms with Crippen molar-refractivity contribution in [1.29, 1.82) is 0 Å². The average molecular weight is 775 g/mol. The Labute approximate surface area is 351 Å². The SMILES string of the molecule is c1ccc(-c2cc3c4ccccc4n4c5cc(-c6cc7c8ccccc8c8ccccc8c7cc6-c6nc(-c7ccccc7)nc(-c7ccccc7)n6)ccc5c(c2)c34)cc1. The molecule has 0 aliphatic heterocycles. The van der Waals surface area contributed by atoms with Crippen LogP contribution in [0.25, 0.3) is 127 Å². The van der Waals surface area contributed by atoms with Gasteiger partial charge < -0.3 is 4.40 Å². The predicted octanol–water partition coefficient (Wildman–Crippen LogP) is 14.8. The average Bonchev–Trinajstić information content (AvgIpc) is 3.86. The molecule has 0 bridgehead atoms. The van der Waals surface area contributed by atoms with Crippen molar-refractivity contribution in [3.63, 3.8) is 0 Å². The summed E-state index contributed by atoms with van der Waals surface area (Å²) in [5.74, 6) is 1.91. The molecule has 3 aromatic heterocycles. The Kier molecular flexibility index (Phi) is 7.27. The summed E-state index contributed by atoms with van der Waals surface area (Å²) in [5.41, 5.74) is 11.0. The van der Waals surface area contributed by atoms with Gasteiger partial charge in [0.1, 0.15) is 0 Å². The minimum absolute atomic E-state index is 0.631. The van der Waals surface area contributed by atoms with Crippen LogP contribution in [0.15, 0.2) is 206 Å². The van der Waals surface area contributed by atoms with Gasteiger partial charge in [-0.2, -0.15) is 0 Å². The van der Waals surface area contributed by atoms with Gasteiger partial charge in [0.2, 0.25) is 0 Å². The van der Waals surface area contributed by atoms with Gasteiger partial charge in [0, 0.05) is 38.2 Å². The maximum Gasteiger partial charge on any atom is 0.164 e. The highest BCUT2D eigenvalue weighted by atomic mass is 15.0. The molecule has 0 N–H and O–H groups in total. The van der Waals surface area contributed by atoms with Gasteiger partial charge in [0.05, 0.1) is 16.6 Å². The Morgan fingerprint density at radius 3 is 1.26 bits per heavy atom. The molecule has 0 spiro atoms. The molecule has 0 atom stereocenters. The summed E-state index contributed by atoms with van der Waals surface area (Å²) >= 11 is 0. The zero-order chi connectivity index (χ0) is 40.0. The van der Waals surface area contributed by atoms with Crippen LogP contribution in [0.3, 0.4) is 0 Å². The van der Waals surface area contributed by atoms with Crippen LogP contribution in [0.2, 0.25) is 0 Å². The van der Waals surface area contributed by atoms with E-state index in [1.165, 1.54) is 76.2 Å². The first-order valence-electron chi connectivity index (χ1n) is 20.8. The summed E-state index contributed by atoms with van der Waals surface area (Å²) in [4.78, 5) is 15.7. The molecule has 10 aromatic carbocycles. The van der Waals surface area contributed by atoms with Gasteiger partial charge in [-0.15, -0.1) is 0 Å². The van der Waals surface area contributed by atoms with Gasteiger partial charge in [-0.05, 0) is 91.0 Å². The summed E-state index contributed by atoms with van der Waals surface area (Å²) in [6.45, 7) is 0. The van der Waals surface area contributed by atoms with E-state index in [4.69, 9.17) is 15.0 Å². The molecule has 0 fully saturated rings. The topological polar surface area (TPSA) is 43.1 Å². The summed E-state index contributed by atoms with van der Waals surface area (Å²) < 4.78 is 2.47. The van der Waals surface area contributed by atoms with Crippen LogP contribution in [0.1, 0.15) is 0 Å². The first-order chi connectivity index (χ1) is 30.2. The summed E-state index contributed by atoms with van der Waals surface area (Å²) in [6.07, 6.45) is 0. The maximum atomic E-state index is 5.31. The molecular formula is C57H34N4. The smallest absolute Gasteiger partial charge is 0.164 e. The highest BCUT2D eigenvalue weighted by Crippen LogP contribution is 2.45. The van der Waals surface area contributed by atoms with E-state index in [9.17, 15) is 0 Å². The largest absolute Gasteiger partial charge is 0.308 e. The van der Waals surface area contributed by atoms with Crippen LogP contribution in [0.5, 0.6) is 0 Å². The van der Waals surface area contributed by atoms with Crippen LogP contribution in [-0.2, 0) is 0 Å². The van der Waals surface area contributed by atoms with Gasteiger partial charge in [-0.3, -0.25) is 0 Å². The fourth-order valence-corrected chi connectivity index (χ4v) is 9.77. The molecule has 0 unspecified atom stereocenters. The van der Waals surface area contributed by atoms with Gasteiger partial charge in [-0.25, -0.2) is 15.0 Å². The summed E-state index contributed by atoms with van der Waals surface area (Å²) in [5, 5.41) is 12.2. The van der Waals surface area contributed by atoms with Crippen molar-refractivity contribution in [3.8, 4) is 56.4 Å². The van der Waals surface area contributed by atoms with Crippen molar-refractivity contribution < 1.29 is 0 Å². The monoisotopic (exact) mass is 774 g/mol. The number of para-hydroxylation sites is 1. The molecule has 0 aliphatic carbocycles. The standard InChI is InChI=1S/C57H34N4/c1-4-16-35(17-5-1)39-30-49-44-26-14-15-27-52(44)61-53-32-38(28-29-45(53)50(31-39)54(49)61)46-33-47-42-24-12-10-22-40(42)41-23-11-13-25-43(41)48(47)34-51(46)57-59-55(36-18-6-2-7-19-36)58-56(60-57)37-20-8-3-9-21-37/h1-34H. The Morgan fingerprint density at radius 2 is 0.689 bits per heavy atom. The minimum Gasteiger partial charge on any atom is -0.308 e. The second-order valence-corrected chi connectivity index (χ2v) is 15.9. The number of fused-ring (bicyclic) bond motifs is 12. The first-order valence-corrected chi connectivity index (χ1v) is 20.8. The minimum atomic E-state index is 0.631. The van der Waals surface area contributed by atoms with E-state index >= 15 is 0 Å². The van der Waals surface area contributed by atoms with Crippen molar-refractivity contribution >= 4 is 70.4 Å². The molecular weight excluding hydrogens is 741 g/mol. The number of hydrogen-bond acceptors (Lipinski definition) is 3. The van der Waals surface area contributed by atoms with E-state index < -0.39 is 0 Å². The molecule has 0 amide bonds.